The second-order valence-corrected chi connectivity index (χ2v) is 11.5. The molecular formula is C28H42BrN5O5. The van der Waals surface area contributed by atoms with Gasteiger partial charge in [0, 0.05) is 56.7 Å². The van der Waals surface area contributed by atoms with Gasteiger partial charge in [0.15, 0.2) is 0 Å². The van der Waals surface area contributed by atoms with Crippen LogP contribution in [0.15, 0.2) is 18.2 Å². The number of rotatable bonds is 13. The lowest BCUT2D eigenvalue weighted by atomic mass is 10.0. The quantitative estimate of drug-likeness (QED) is 0.153. The molecule has 0 aliphatic carbocycles. The minimum Gasteiger partial charge on any atom is -0.384 e. The number of aliphatic hydroxyl groups excluding tert-OH is 2. The van der Waals surface area contributed by atoms with Gasteiger partial charge in [-0.1, -0.05) is 41.6 Å². The van der Waals surface area contributed by atoms with Crippen LogP contribution < -0.4 is 10.6 Å². The van der Waals surface area contributed by atoms with Crippen molar-refractivity contribution in [1.29, 1.82) is 0 Å². The Bertz CT molecular complexity index is 1000. The molecule has 1 aromatic carbocycles. The van der Waals surface area contributed by atoms with Crippen molar-refractivity contribution in [3.05, 3.63) is 29.3 Å². The third kappa shape index (κ3) is 7.79. The van der Waals surface area contributed by atoms with E-state index in [1.807, 2.05) is 4.90 Å². The minimum absolute atomic E-state index is 0.271. The van der Waals surface area contributed by atoms with Gasteiger partial charge in [-0.2, -0.15) is 0 Å². The number of carbonyl (C=O) groups excluding carboxylic acids is 3. The number of hydrogen-bond donors (Lipinski definition) is 4. The molecule has 10 nitrogen and oxygen atoms in total. The van der Waals surface area contributed by atoms with Crippen LogP contribution in [0.5, 0.6) is 0 Å². The summed E-state index contributed by atoms with van der Waals surface area (Å²) in [5.74, 6) is -0.565. The van der Waals surface area contributed by atoms with E-state index in [0.717, 1.165) is 61.5 Å². The fraction of sp³-hybridized carbons (Fsp3) is 0.679. The van der Waals surface area contributed by atoms with Gasteiger partial charge in [0.1, 0.15) is 12.5 Å². The van der Waals surface area contributed by atoms with E-state index in [0.29, 0.717) is 36.9 Å². The normalized spacial score (nSPS) is 23.8. The number of imide groups is 1. The number of carbonyl (C=O) groups is 3. The molecule has 3 aliphatic heterocycles. The Morgan fingerprint density at radius 2 is 1.64 bits per heavy atom. The lowest BCUT2D eigenvalue weighted by molar-refractivity contribution is -0.133. The van der Waals surface area contributed by atoms with Crippen LogP contribution in [-0.2, 0) is 4.79 Å². The summed E-state index contributed by atoms with van der Waals surface area (Å²) in [6.07, 6.45) is 6.37. The smallest absolute Gasteiger partial charge is 0.262 e. The Morgan fingerprint density at radius 3 is 2.36 bits per heavy atom. The lowest BCUT2D eigenvalue weighted by Crippen LogP contribution is -2.58. The largest absolute Gasteiger partial charge is 0.384 e. The second kappa shape index (κ2) is 14.5. The van der Waals surface area contributed by atoms with E-state index in [1.165, 1.54) is 25.7 Å². The van der Waals surface area contributed by atoms with Crippen molar-refractivity contribution in [3.8, 4) is 0 Å². The predicted octanol–water partition coefficient (Wildman–Crippen LogP) is 2.35. The Balaban J connectivity index is 1.17. The maximum absolute atomic E-state index is 13.1. The summed E-state index contributed by atoms with van der Waals surface area (Å²) in [5.41, 5.74) is 1.42. The number of hydrogen-bond acceptors (Lipinski definition) is 8. The van der Waals surface area contributed by atoms with E-state index < -0.39 is 30.3 Å². The van der Waals surface area contributed by atoms with E-state index >= 15 is 0 Å². The Labute approximate surface area is 239 Å². The first-order valence-electron chi connectivity index (χ1n) is 14.3. The van der Waals surface area contributed by atoms with Crippen molar-refractivity contribution in [2.24, 2.45) is 0 Å². The number of piperazine rings is 1. The number of alkyl halides is 1. The number of amides is 3. The minimum atomic E-state index is -1.16. The molecule has 39 heavy (non-hydrogen) atoms. The van der Waals surface area contributed by atoms with Gasteiger partial charge in [-0.15, -0.1) is 0 Å². The zero-order valence-electron chi connectivity index (χ0n) is 22.6. The molecule has 3 atom stereocenters. The number of fused-ring (bicyclic) bond motifs is 1. The number of anilines is 1. The molecule has 0 bridgehead atoms. The molecule has 2 saturated heterocycles. The molecule has 0 spiro atoms. The topological polar surface area (TPSA) is 125 Å². The van der Waals surface area contributed by atoms with Crippen LogP contribution in [0.2, 0.25) is 0 Å². The molecule has 3 aliphatic rings. The van der Waals surface area contributed by atoms with Crippen molar-refractivity contribution in [3.63, 3.8) is 0 Å². The van der Waals surface area contributed by atoms with Crippen LogP contribution >= 0.6 is 15.9 Å². The van der Waals surface area contributed by atoms with Crippen LogP contribution in [0.1, 0.15) is 78.5 Å². The van der Waals surface area contributed by atoms with Crippen LogP contribution in [0, 0.1) is 0 Å². The first-order valence-corrected chi connectivity index (χ1v) is 15.4. The molecule has 11 heteroatoms. The summed E-state index contributed by atoms with van der Waals surface area (Å²) in [7, 11) is 0. The highest BCUT2D eigenvalue weighted by Gasteiger charge is 2.44. The van der Waals surface area contributed by atoms with Crippen molar-refractivity contribution >= 4 is 39.3 Å². The van der Waals surface area contributed by atoms with Gasteiger partial charge in [0.05, 0.1) is 17.2 Å². The third-order valence-electron chi connectivity index (χ3n) is 7.97. The summed E-state index contributed by atoms with van der Waals surface area (Å²) in [6, 6.07) is 4.44. The summed E-state index contributed by atoms with van der Waals surface area (Å²) in [5, 5.41) is 27.0. The first-order chi connectivity index (χ1) is 18.9. The monoisotopic (exact) mass is 607 g/mol. The second-order valence-electron chi connectivity index (χ2n) is 10.7. The molecular weight excluding hydrogens is 566 g/mol. The van der Waals surface area contributed by atoms with Crippen molar-refractivity contribution < 1.29 is 24.6 Å². The molecule has 216 valence electrons. The highest BCUT2D eigenvalue weighted by Crippen LogP contribution is 2.30. The molecule has 1 aromatic rings. The van der Waals surface area contributed by atoms with Crippen LogP contribution in [0.3, 0.4) is 0 Å². The van der Waals surface area contributed by atoms with Crippen LogP contribution in [-0.4, -0.2) is 106 Å². The molecule has 0 aromatic heterocycles. The Kier molecular flexibility index (Phi) is 11.2. The zero-order valence-corrected chi connectivity index (χ0v) is 24.2. The van der Waals surface area contributed by atoms with Gasteiger partial charge < -0.3 is 20.4 Å². The van der Waals surface area contributed by atoms with E-state index in [1.54, 1.807) is 18.2 Å². The van der Waals surface area contributed by atoms with Gasteiger partial charge in [-0.05, 0) is 43.9 Å². The molecule has 3 unspecified atom stereocenters. The van der Waals surface area contributed by atoms with E-state index in [9.17, 15) is 24.6 Å². The number of benzene rings is 1. The highest BCUT2D eigenvalue weighted by atomic mass is 79.9. The van der Waals surface area contributed by atoms with E-state index in [-0.39, 0.29) is 5.91 Å². The zero-order chi connectivity index (χ0) is 27.8. The Morgan fingerprint density at radius 1 is 0.949 bits per heavy atom. The SMILES string of the molecule is O=C(CCCCCCCCBr)N1CCN(CCNc2ccc3c(c2)C(=O)N(C2CCC(O)NC2O)C3=O)CC1. The van der Waals surface area contributed by atoms with Gasteiger partial charge >= 0.3 is 0 Å². The maximum Gasteiger partial charge on any atom is 0.262 e. The molecule has 0 radical (unpaired) electrons. The number of halogens is 1. The van der Waals surface area contributed by atoms with Crippen molar-refractivity contribution in [1.82, 2.24) is 20.0 Å². The predicted molar refractivity (Wildman–Crippen MR) is 153 cm³/mol. The molecule has 3 heterocycles. The first kappa shape index (κ1) is 29.9. The number of piperidine rings is 1. The average Bonchev–Trinajstić information content (AvgIpc) is 3.17. The summed E-state index contributed by atoms with van der Waals surface area (Å²) < 4.78 is 0. The summed E-state index contributed by atoms with van der Waals surface area (Å²) >= 11 is 3.46. The number of unbranched alkanes of at least 4 members (excludes halogenated alkanes) is 5. The summed E-state index contributed by atoms with van der Waals surface area (Å²) in [4.78, 5) is 44.0. The van der Waals surface area contributed by atoms with Gasteiger partial charge in [-0.3, -0.25) is 29.5 Å². The van der Waals surface area contributed by atoms with Gasteiger partial charge in [0.25, 0.3) is 11.8 Å². The Hall–Kier alpha value is -2.05. The van der Waals surface area contributed by atoms with Crippen LogP contribution in [0.25, 0.3) is 0 Å². The van der Waals surface area contributed by atoms with E-state index in [2.05, 4.69) is 31.5 Å². The highest BCUT2D eigenvalue weighted by molar-refractivity contribution is 9.09. The number of nitrogens with one attached hydrogen (secondary N) is 2. The van der Waals surface area contributed by atoms with Crippen molar-refractivity contribution in [2.45, 2.75) is 76.3 Å². The standard InChI is InChI=1S/C28H42BrN5O5/c29-12-6-4-2-1-3-5-7-25(36)33-17-15-32(16-18-33)14-13-30-20-8-9-21-22(19-20)28(39)34(27(21)38)23-10-11-24(35)31-26(23)37/h8-9,19,23-24,26,30-31,35,37H,1-7,10-18H2. The molecule has 0 saturated carbocycles. The fourth-order valence-corrected chi connectivity index (χ4v) is 6.03. The third-order valence-corrected chi connectivity index (χ3v) is 8.53. The summed E-state index contributed by atoms with van der Waals surface area (Å²) in [6.45, 7) is 4.70. The number of aliphatic hydroxyl groups is 2. The lowest BCUT2D eigenvalue weighted by Gasteiger charge is -2.36. The number of nitrogens with zero attached hydrogens (tertiary/aromatic N) is 3. The van der Waals surface area contributed by atoms with Gasteiger partial charge in [0.2, 0.25) is 5.91 Å². The molecule has 4 N–H and O–H groups in total. The van der Waals surface area contributed by atoms with E-state index in [4.69, 9.17) is 0 Å². The van der Waals surface area contributed by atoms with Crippen LogP contribution in [0.4, 0.5) is 5.69 Å². The van der Waals surface area contributed by atoms with Gasteiger partial charge in [-0.25, -0.2) is 0 Å². The maximum atomic E-state index is 13.1. The average molecular weight is 609 g/mol. The molecule has 4 rings (SSSR count). The molecule has 3 amide bonds. The van der Waals surface area contributed by atoms with Crippen molar-refractivity contribution in [2.75, 3.05) is 49.9 Å². The molecule has 2 fully saturated rings. The fourth-order valence-electron chi connectivity index (χ4n) is 5.63.